The van der Waals surface area contributed by atoms with Crippen molar-refractivity contribution < 1.29 is 4.39 Å². The average Bonchev–Trinajstić information content (AvgIpc) is 2.55. The fraction of sp³-hybridized carbons (Fsp3) is 0.278. The maximum Gasteiger partial charge on any atom is 0.170 e. The number of nitrogens with zero attached hydrogens (tertiary/aromatic N) is 1. The molecule has 0 aromatic heterocycles. The number of hydrogen-bond acceptors (Lipinski definition) is 2. The molecule has 2 N–H and O–H groups in total. The number of para-hydroxylation sites is 1. The molecule has 0 heterocycles. The Balaban J connectivity index is 1.63. The lowest BCUT2D eigenvalue weighted by Crippen LogP contribution is -2.31. The van der Waals surface area contributed by atoms with E-state index < -0.39 is 0 Å². The maximum atomic E-state index is 13.5. The summed E-state index contributed by atoms with van der Waals surface area (Å²) < 4.78 is 13.5. The molecular formula is C18H22FN3S. The summed E-state index contributed by atoms with van der Waals surface area (Å²) in [6.45, 7) is 2.64. The molecule has 122 valence electrons. The van der Waals surface area contributed by atoms with E-state index in [2.05, 4.69) is 46.8 Å². The average molecular weight is 331 g/mol. The lowest BCUT2D eigenvalue weighted by Gasteiger charge is -2.17. The first kappa shape index (κ1) is 17.4. The zero-order valence-electron chi connectivity index (χ0n) is 13.3. The van der Waals surface area contributed by atoms with Crippen LogP contribution in [-0.4, -0.2) is 30.1 Å². The molecule has 0 radical (unpaired) electrons. The summed E-state index contributed by atoms with van der Waals surface area (Å²) in [5.74, 6) is -0.306. The van der Waals surface area contributed by atoms with Crippen molar-refractivity contribution in [3.63, 3.8) is 0 Å². The van der Waals surface area contributed by atoms with Crippen molar-refractivity contribution in [2.75, 3.05) is 25.5 Å². The minimum Gasteiger partial charge on any atom is -0.362 e. The van der Waals surface area contributed by atoms with Gasteiger partial charge < -0.3 is 15.5 Å². The number of hydrogen-bond donors (Lipinski definition) is 2. The predicted octanol–water partition coefficient (Wildman–Crippen LogP) is 3.63. The van der Waals surface area contributed by atoms with Crippen LogP contribution in [0.5, 0.6) is 0 Å². The van der Waals surface area contributed by atoms with E-state index in [4.69, 9.17) is 12.2 Å². The Labute approximate surface area is 142 Å². The first-order valence-electron chi connectivity index (χ1n) is 7.67. The van der Waals surface area contributed by atoms with Gasteiger partial charge in [-0.3, -0.25) is 0 Å². The van der Waals surface area contributed by atoms with Crippen LogP contribution in [0.3, 0.4) is 0 Å². The summed E-state index contributed by atoms with van der Waals surface area (Å²) in [6, 6.07) is 16.9. The second-order valence-corrected chi connectivity index (χ2v) is 5.85. The molecule has 0 aliphatic heterocycles. The molecule has 23 heavy (non-hydrogen) atoms. The largest absolute Gasteiger partial charge is 0.362 e. The number of anilines is 1. The van der Waals surface area contributed by atoms with Crippen LogP contribution in [0.1, 0.15) is 12.0 Å². The highest BCUT2D eigenvalue weighted by Gasteiger charge is 2.03. The Hall–Kier alpha value is -1.98. The monoisotopic (exact) mass is 331 g/mol. The normalized spacial score (nSPS) is 10.6. The summed E-state index contributed by atoms with van der Waals surface area (Å²) in [5, 5.41) is 6.42. The van der Waals surface area contributed by atoms with Crippen molar-refractivity contribution in [2.45, 2.75) is 13.0 Å². The highest BCUT2D eigenvalue weighted by atomic mass is 32.1. The Morgan fingerprint density at radius 3 is 2.52 bits per heavy atom. The Kier molecular flexibility index (Phi) is 6.97. The quantitative estimate of drug-likeness (QED) is 0.598. The van der Waals surface area contributed by atoms with Crippen molar-refractivity contribution in [1.82, 2.24) is 10.2 Å². The van der Waals surface area contributed by atoms with Gasteiger partial charge in [0.2, 0.25) is 0 Å². The third-order valence-electron chi connectivity index (χ3n) is 3.42. The van der Waals surface area contributed by atoms with Gasteiger partial charge in [0.25, 0.3) is 0 Å². The molecule has 0 saturated carbocycles. The third kappa shape index (κ3) is 6.34. The van der Waals surface area contributed by atoms with Gasteiger partial charge in [-0.2, -0.15) is 0 Å². The SMILES string of the molecule is CN(CCCNC(=S)Nc1ccccc1F)Cc1ccccc1. The van der Waals surface area contributed by atoms with Crippen molar-refractivity contribution in [2.24, 2.45) is 0 Å². The van der Waals surface area contributed by atoms with Gasteiger partial charge in [-0.15, -0.1) is 0 Å². The summed E-state index contributed by atoms with van der Waals surface area (Å²) in [7, 11) is 2.10. The molecule has 0 aliphatic carbocycles. The van der Waals surface area contributed by atoms with E-state index in [1.54, 1.807) is 18.2 Å². The van der Waals surface area contributed by atoms with E-state index in [0.29, 0.717) is 10.8 Å². The Bertz CT molecular complexity index is 619. The second kappa shape index (κ2) is 9.22. The molecule has 0 spiro atoms. The number of rotatable bonds is 7. The molecule has 0 aliphatic rings. The zero-order valence-corrected chi connectivity index (χ0v) is 14.1. The molecule has 5 heteroatoms. The van der Waals surface area contributed by atoms with Crippen molar-refractivity contribution in [1.29, 1.82) is 0 Å². The highest BCUT2D eigenvalue weighted by molar-refractivity contribution is 7.80. The van der Waals surface area contributed by atoms with E-state index in [-0.39, 0.29) is 5.82 Å². The van der Waals surface area contributed by atoms with Gasteiger partial charge >= 0.3 is 0 Å². The van der Waals surface area contributed by atoms with Gasteiger partial charge in [0.1, 0.15) is 5.82 Å². The number of benzene rings is 2. The van der Waals surface area contributed by atoms with Gasteiger partial charge in [0, 0.05) is 13.1 Å². The molecule has 2 rings (SSSR count). The highest BCUT2D eigenvalue weighted by Crippen LogP contribution is 2.11. The molecule has 0 fully saturated rings. The molecule has 0 bridgehead atoms. The fourth-order valence-electron chi connectivity index (χ4n) is 2.25. The number of nitrogens with one attached hydrogen (secondary N) is 2. The van der Waals surface area contributed by atoms with Gasteiger partial charge in [0.05, 0.1) is 5.69 Å². The molecular weight excluding hydrogens is 309 g/mol. The smallest absolute Gasteiger partial charge is 0.170 e. The minimum absolute atomic E-state index is 0.306. The molecule has 0 amide bonds. The predicted molar refractivity (Wildman–Crippen MR) is 98.0 cm³/mol. The van der Waals surface area contributed by atoms with Crippen LogP contribution in [0.15, 0.2) is 54.6 Å². The molecule has 0 atom stereocenters. The van der Waals surface area contributed by atoms with Gasteiger partial charge in [-0.05, 0) is 49.9 Å². The maximum absolute atomic E-state index is 13.5. The second-order valence-electron chi connectivity index (χ2n) is 5.44. The summed E-state index contributed by atoms with van der Waals surface area (Å²) >= 11 is 5.18. The van der Waals surface area contributed by atoms with Crippen molar-refractivity contribution in [3.05, 3.63) is 66.0 Å². The van der Waals surface area contributed by atoms with Crippen LogP contribution in [0, 0.1) is 5.82 Å². The Morgan fingerprint density at radius 1 is 1.09 bits per heavy atom. The molecule has 2 aromatic rings. The van der Waals surface area contributed by atoms with E-state index in [0.717, 1.165) is 26.1 Å². The van der Waals surface area contributed by atoms with Crippen LogP contribution in [0.25, 0.3) is 0 Å². The van der Waals surface area contributed by atoms with E-state index in [9.17, 15) is 4.39 Å². The lowest BCUT2D eigenvalue weighted by molar-refractivity contribution is 0.322. The van der Waals surface area contributed by atoms with E-state index in [1.165, 1.54) is 11.6 Å². The van der Waals surface area contributed by atoms with Crippen LogP contribution in [0.2, 0.25) is 0 Å². The molecule has 0 saturated heterocycles. The molecule has 2 aromatic carbocycles. The van der Waals surface area contributed by atoms with Crippen LogP contribution in [-0.2, 0) is 6.54 Å². The van der Waals surface area contributed by atoms with Crippen LogP contribution >= 0.6 is 12.2 Å². The van der Waals surface area contributed by atoms with Crippen LogP contribution in [0.4, 0.5) is 10.1 Å². The molecule has 0 unspecified atom stereocenters. The minimum atomic E-state index is -0.306. The Morgan fingerprint density at radius 2 is 1.78 bits per heavy atom. The van der Waals surface area contributed by atoms with Crippen molar-refractivity contribution in [3.8, 4) is 0 Å². The van der Waals surface area contributed by atoms with Gasteiger partial charge in [0.15, 0.2) is 5.11 Å². The van der Waals surface area contributed by atoms with Gasteiger partial charge in [-0.25, -0.2) is 4.39 Å². The number of thiocarbonyl (C=S) groups is 1. The fourth-order valence-corrected chi connectivity index (χ4v) is 2.47. The summed E-state index contributed by atoms with van der Waals surface area (Å²) in [4.78, 5) is 2.27. The topological polar surface area (TPSA) is 27.3 Å². The summed E-state index contributed by atoms with van der Waals surface area (Å²) in [5.41, 5.74) is 1.70. The van der Waals surface area contributed by atoms with Crippen LogP contribution < -0.4 is 10.6 Å². The standard InChI is InChI=1S/C18H22FN3S/c1-22(14-15-8-3-2-4-9-15)13-7-12-20-18(23)21-17-11-6-5-10-16(17)19/h2-6,8-11H,7,12-14H2,1H3,(H2,20,21,23). The summed E-state index contributed by atoms with van der Waals surface area (Å²) in [6.07, 6.45) is 0.961. The van der Waals surface area contributed by atoms with E-state index in [1.807, 2.05) is 6.07 Å². The number of halogens is 1. The molecule has 3 nitrogen and oxygen atoms in total. The first-order valence-corrected chi connectivity index (χ1v) is 8.08. The zero-order chi connectivity index (χ0) is 16.5. The van der Waals surface area contributed by atoms with Gasteiger partial charge in [-0.1, -0.05) is 42.5 Å². The lowest BCUT2D eigenvalue weighted by atomic mass is 10.2. The first-order chi connectivity index (χ1) is 11.1. The third-order valence-corrected chi connectivity index (χ3v) is 3.67. The van der Waals surface area contributed by atoms with E-state index >= 15 is 0 Å². The van der Waals surface area contributed by atoms with Crippen molar-refractivity contribution >= 4 is 23.0 Å².